The monoisotopic (exact) mass is 216 g/mol. The van der Waals surface area contributed by atoms with Crippen LogP contribution in [0.4, 0.5) is 11.8 Å². The lowest BCUT2D eigenvalue weighted by Crippen LogP contribution is -2.13. The Bertz CT molecular complexity index is 344. The molecule has 0 aliphatic carbocycles. The van der Waals surface area contributed by atoms with E-state index in [2.05, 4.69) is 20.6 Å². The predicted octanol–water partition coefficient (Wildman–Crippen LogP) is 0.668. The Labute approximate surface area is 85.3 Å². The average molecular weight is 217 g/mol. The lowest BCUT2D eigenvalue weighted by molar-refractivity contribution is -0.134. The minimum atomic E-state index is -0.967. The van der Waals surface area contributed by atoms with Crippen molar-refractivity contribution in [3.63, 3.8) is 0 Å². The molecule has 1 aromatic heterocycles. The molecule has 0 aromatic carbocycles. The molecule has 6 nitrogen and oxygen atoms in total. The largest absolute Gasteiger partial charge is 0.480 e. The molecule has 0 aliphatic heterocycles. The van der Waals surface area contributed by atoms with Crippen molar-refractivity contribution in [2.24, 2.45) is 0 Å². The van der Waals surface area contributed by atoms with Crippen molar-refractivity contribution < 1.29 is 9.90 Å². The van der Waals surface area contributed by atoms with Crippen molar-refractivity contribution in [1.82, 2.24) is 9.97 Å². The number of carboxylic acid groups (broad SMARTS) is 1. The van der Waals surface area contributed by atoms with E-state index >= 15 is 0 Å². The molecule has 0 aliphatic rings. The molecule has 0 unspecified atom stereocenters. The highest BCUT2D eigenvalue weighted by Gasteiger charge is 2.02. The summed E-state index contributed by atoms with van der Waals surface area (Å²) in [6.45, 7) is -0.212. The number of carbonyl (C=O) groups is 1. The molecule has 0 atom stereocenters. The van der Waals surface area contributed by atoms with Gasteiger partial charge < -0.3 is 15.7 Å². The summed E-state index contributed by atoms with van der Waals surface area (Å²) in [6.07, 6.45) is 0. The number of halogens is 1. The predicted molar refractivity (Wildman–Crippen MR) is 52.7 cm³/mol. The van der Waals surface area contributed by atoms with Crippen LogP contribution in [0.15, 0.2) is 6.07 Å². The molecule has 0 saturated heterocycles. The van der Waals surface area contributed by atoms with Gasteiger partial charge in [0.15, 0.2) is 0 Å². The zero-order valence-corrected chi connectivity index (χ0v) is 8.17. The molecule has 3 N–H and O–H groups in total. The number of hydrogen-bond donors (Lipinski definition) is 3. The van der Waals surface area contributed by atoms with Crippen LogP contribution in [-0.2, 0) is 4.79 Å². The second-order valence-corrected chi connectivity index (χ2v) is 2.78. The molecule has 1 rings (SSSR count). The Hall–Kier alpha value is -1.56. The highest BCUT2D eigenvalue weighted by molar-refractivity contribution is 6.29. The Kier molecular flexibility index (Phi) is 3.47. The van der Waals surface area contributed by atoms with Crippen LogP contribution in [0.25, 0.3) is 0 Å². The van der Waals surface area contributed by atoms with Gasteiger partial charge in [-0.2, -0.15) is 4.98 Å². The van der Waals surface area contributed by atoms with E-state index in [1.165, 1.54) is 6.07 Å². The van der Waals surface area contributed by atoms with Crippen LogP contribution in [0.3, 0.4) is 0 Å². The fourth-order valence-electron chi connectivity index (χ4n) is 0.786. The smallest absolute Gasteiger partial charge is 0.322 e. The topological polar surface area (TPSA) is 87.1 Å². The third kappa shape index (κ3) is 3.06. The highest BCUT2D eigenvalue weighted by Crippen LogP contribution is 2.13. The molecule has 0 fully saturated rings. The maximum atomic E-state index is 10.3. The first-order chi connectivity index (χ1) is 6.61. The van der Waals surface area contributed by atoms with Crippen LogP contribution >= 0.6 is 11.6 Å². The Balaban J connectivity index is 2.76. The number of nitrogens with zero attached hydrogens (tertiary/aromatic N) is 2. The summed E-state index contributed by atoms with van der Waals surface area (Å²) >= 11 is 5.67. The number of hydrogen-bond acceptors (Lipinski definition) is 5. The molecular formula is C7H9ClN4O2. The second kappa shape index (κ2) is 4.61. The summed E-state index contributed by atoms with van der Waals surface area (Å²) in [5.41, 5.74) is 0. The quantitative estimate of drug-likeness (QED) is 0.642. The molecule has 76 valence electrons. The average Bonchev–Trinajstić information content (AvgIpc) is 2.14. The number of aliphatic carboxylic acids is 1. The van der Waals surface area contributed by atoms with Crippen LogP contribution < -0.4 is 10.6 Å². The first-order valence-corrected chi connectivity index (χ1v) is 4.17. The fourth-order valence-corrected chi connectivity index (χ4v) is 0.970. The van der Waals surface area contributed by atoms with E-state index in [0.29, 0.717) is 11.8 Å². The number of rotatable bonds is 4. The molecule has 0 bridgehead atoms. The summed E-state index contributed by atoms with van der Waals surface area (Å²) < 4.78 is 0. The molecule has 7 heteroatoms. The zero-order valence-electron chi connectivity index (χ0n) is 7.41. The summed E-state index contributed by atoms with van der Waals surface area (Å²) in [5, 5.41) is 13.9. The van der Waals surface area contributed by atoms with E-state index in [0.717, 1.165) is 0 Å². The second-order valence-electron chi connectivity index (χ2n) is 2.40. The normalized spacial score (nSPS) is 9.57. The molecular weight excluding hydrogens is 208 g/mol. The lowest BCUT2D eigenvalue weighted by Gasteiger charge is -2.04. The van der Waals surface area contributed by atoms with Crippen LogP contribution in [-0.4, -0.2) is 34.6 Å². The molecule has 0 radical (unpaired) electrons. The molecule has 0 saturated carbocycles. The lowest BCUT2D eigenvalue weighted by atomic mass is 10.5. The Morgan fingerprint density at radius 1 is 1.64 bits per heavy atom. The number of aromatic nitrogens is 2. The van der Waals surface area contributed by atoms with E-state index in [4.69, 9.17) is 16.7 Å². The van der Waals surface area contributed by atoms with Crippen LogP contribution in [0.2, 0.25) is 5.15 Å². The first-order valence-electron chi connectivity index (χ1n) is 3.80. The highest BCUT2D eigenvalue weighted by atomic mass is 35.5. The Morgan fingerprint density at radius 3 is 2.93 bits per heavy atom. The molecule has 0 spiro atoms. The fraction of sp³-hybridized carbons (Fsp3) is 0.286. The van der Waals surface area contributed by atoms with Gasteiger partial charge in [-0.3, -0.25) is 4.79 Å². The minimum Gasteiger partial charge on any atom is -0.480 e. The third-order valence-corrected chi connectivity index (χ3v) is 1.53. The summed E-state index contributed by atoms with van der Waals surface area (Å²) in [5.74, 6) is -0.257. The molecule has 0 amide bonds. The number of carboxylic acids is 1. The van der Waals surface area contributed by atoms with Gasteiger partial charge in [0.2, 0.25) is 5.95 Å². The van der Waals surface area contributed by atoms with Crippen molar-refractivity contribution in [1.29, 1.82) is 0 Å². The number of nitrogens with one attached hydrogen (secondary N) is 2. The van der Waals surface area contributed by atoms with Gasteiger partial charge in [-0.1, -0.05) is 11.6 Å². The van der Waals surface area contributed by atoms with Crippen molar-refractivity contribution in [2.45, 2.75) is 0 Å². The van der Waals surface area contributed by atoms with Crippen molar-refractivity contribution in [3.8, 4) is 0 Å². The van der Waals surface area contributed by atoms with Gasteiger partial charge in [-0.25, -0.2) is 4.98 Å². The van der Waals surface area contributed by atoms with Gasteiger partial charge >= 0.3 is 5.97 Å². The first kappa shape index (κ1) is 10.5. The summed E-state index contributed by atoms with van der Waals surface area (Å²) in [4.78, 5) is 18.0. The van der Waals surface area contributed by atoms with E-state index in [1.54, 1.807) is 7.05 Å². The van der Waals surface area contributed by atoms with Gasteiger partial charge in [0.1, 0.15) is 17.5 Å². The van der Waals surface area contributed by atoms with E-state index < -0.39 is 5.97 Å². The minimum absolute atomic E-state index is 0.212. The van der Waals surface area contributed by atoms with Crippen molar-refractivity contribution in [2.75, 3.05) is 24.2 Å². The van der Waals surface area contributed by atoms with E-state index in [-0.39, 0.29) is 11.7 Å². The third-order valence-electron chi connectivity index (χ3n) is 1.34. The van der Waals surface area contributed by atoms with Gasteiger partial charge in [0, 0.05) is 13.1 Å². The number of anilines is 2. The Morgan fingerprint density at radius 2 is 2.36 bits per heavy atom. The molecule has 14 heavy (non-hydrogen) atoms. The zero-order chi connectivity index (χ0) is 10.6. The van der Waals surface area contributed by atoms with Crippen LogP contribution in [0, 0.1) is 0 Å². The van der Waals surface area contributed by atoms with Crippen molar-refractivity contribution in [3.05, 3.63) is 11.2 Å². The van der Waals surface area contributed by atoms with Crippen molar-refractivity contribution >= 4 is 29.3 Å². The van der Waals surface area contributed by atoms with E-state index in [1.807, 2.05) is 0 Å². The van der Waals surface area contributed by atoms with Crippen LogP contribution in [0.1, 0.15) is 0 Å². The molecule has 1 heterocycles. The standard InChI is InChI=1S/C7H9ClN4O2/c1-9-7-11-4(8)2-5(12-7)10-3-6(13)14/h2H,3H2,1H3,(H,13,14)(H2,9,10,11,12). The van der Waals surface area contributed by atoms with E-state index in [9.17, 15) is 4.79 Å². The van der Waals surface area contributed by atoms with Gasteiger partial charge in [-0.05, 0) is 0 Å². The SMILES string of the molecule is CNc1nc(Cl)cc(NCC(=O)O)n1. The van der Waals surface area contributed by atoms with Gasteiger partial charge in [0.05, 0.1) is 0 Å². The summed E-state index contributed by atoms with van der Waals surface area (Å²) in [6, 6.07) is 1.45. The summed E-state index contributed by atoms with van der Waals surface area (Å²) in [7, 11) is 1.65. The maximum absolute atomic E-state index is 10.3. The van der Waals surface area contributed by atoms with Gasteiger partial charge in [-0.15, -0.1) is 0 Å². The van der Waals surface area contributed by atoms with Gasteiger partial charge in [0.25, 0.3) is 0 Å². The molecule has 1 aromatic rings. The maximum Gasteiger partial charge on any atom is 0.322 e. The van der Waals surface area contributed by atoms with Crippen LogP contribution in [0.5, 0.6) is 0 Å².